The Balaban J connectivity index is 2.25. The fraction of sp³-hybridized carbons (Fsp3) is 0.500. The maximum atomic E-state index is 5.62. The van der Waals surface area contributed by atoms with Crippen LogP contribution in [-0.2, 0) is 4.74 Å². The summed E-state index contributed by atoms with van der Waals surface area (Å²) in [5, 5.41) is 3.59. The Morgan fingerprint density at radius 3 is 2.77 bits per heavy atom. The second-order valence-corrected chi connectivity index (χ2v) is 2.93. The zero-order chi connectivity index (χ0) is 9.52. The number of rotatable bonds is 5. The van der Waals surface area contributed by atoms with Crippen LogP contribution >= 0.6 is 11.6 Å². The molecule has 72 valence electrons. The lowest BCUT2D eigenvalue weighted by Gasteiger charge is -2.02. The molecule has 0 spiro atoms. The Labute approximate surface area is 82.3 Å². The van der Waals surface area contributed by atoms with Crippen molar-refractivity contribution in [1.82, 2.24) is 9.97 Å². The number of aromatic nitrogens is 2. The molecular formula is C8H12ClN3O. The van der Waals surface area contributed by atoms with Gasteiger partial charge in [0.05, 0.1) is 17.4 Å². The molecule has 0 aromatic carbocycles. The van der Waals surface area contributed by atoms with Gasteiger partial charge >= 0.3 is 0 Å². The van der Waals surface area contributed by atoms with Gasteiger partial charge in [0.2, 0.25) is 5.95 Å². The van der Waals surface area contributed by atoms with Crippen molar-refractivity contribution >= 4 is 17.5 Å². The second kappa shape index (κ2) is 5.72. The minimum Gasteiger partial charge on any atom is -0.385 e. The maximum absolute atomic E-state index is 5.62. The fourth-order valence-corrected chi connectivity index (χ4v) is 0.918. The predicted molar refractivity (Wildman–Crippen MR) is 52.0 cm³/mol. The summed E-state index contributed by atoms with van der Waals surface area (Å²) in [5.41, 5.74) is 0. The summed E-state index contributed by atoms with van der Waals surface area (Å²) in [5.74, 6) is 0.598. The van der Waals surface area contributed by atoms with E-state index in [1.165, 1.54) is 0 Å². The highest BCUT2D eigenvalue weighted by molar-refractivity contribution is 6.30. The topological polar surface area (TPSA) is 47.0 Å². The SMILES string of the molecule is COCCCNc1ncc(Cl)cn1. The van der Waals surface area contributed by atoms with E-state index in [2.05, 4.69) is 15.3 Å². The Bertz CT molecular complexity index is 240. The standard InChI is InChI=1S/C8H12ClN3O/c1-13-4-2-3-10-8-11-5-7(9)6-12-8/h5-6H,2-4H2,1H3,(H,10,11,12). The number of anilines is 1. The van der Waals surface area contributed by atoms with Gasteiger partial charge in [-0.25, -0.2) is 9.97 Å². The monoisotopic (exact) mass is 201 g/mol. The van der Waals surface area contributed by atoms with Gasteiger partial charge in [-0.1, -0.05) is 11.6 Å². The van der Waals surface area contributed by atoms with Crippen LogP contribution in [0.1, 0.15) is 6.42 Å². The summed E-state index contributed by atoms with van der Waals surface area (Å²) in [6.07, 6.45) is 4.06. The van der Waals surface area contributed by atoms with Crippen molar-refractivity contribution in [2.75, 3.05) is 25.6 Å². The summed E-state index contributed by atoms with van der Waals surface area (Å²) < 4.78 is 4.90. The minimum atomic E-state index is 0.544. The first-order chi connectivity index (χ1) is 6.33. The number of hydrogen-bond acceptors (Lipinski definition) is 4. The van der Waals surface area contributed by atoms with Gasteiger partial charge in [-0.2, -0.15) is 0 Å². The maximum Gasteiger partial charge on any atom is 0.222 e. The number of hydrogen-bond donors (Lipinski definition) is 1. The number of nitrogens with one attached hydrogen (secondary N) is 1. The zero-order valence-electron chi connectivity index (χ0n) is 7.46. The van der Waals surface area contributed by atoms with Gasteiger partial charge in [-0.05, 0) is 6.42 Å². The van der Waals surface area contributed by atoms with Crippen molar-refractivity contribution in [3.05, 3.63) is 17.4 Å². The van der Waals surface area contributed by atoms with E-state index in [-0.39, 0.29) is 0 Å². The Kier molecular flexibility index (Phi) is 4.49. The predicted octanol–water partition coefficient (Wildman–Crippen LogP) is 1.58. The number of ether oxygens (including phenoxy) is 1. The average Bonchev–Trinajstić information content (AvgIpc) is 2.15. The lowest BCUT2D eigenvalue weighted by atomic mass is 10.4. The number of halogens is 1. The van der Waals surface area contributed by atoms with Crippen LogP contribution in [0.15, 0.2) is 12.4 Å². The van der Waals surface area contributed by atoms with Gasteiger partial charge in [0.15, 0.2) is 0 Å². The molecule has 0 fully saturated rings. The smallest absolute Gasteiger partial charge is 0.222 e. The molecule has 0 bridgehead atoms. The van der Waals surface area contributed by atoms with Crippen molar-refractivity contribution in [3.63, 3.8) is 0 Å². The van der Waals surface area contributed by atoms with E-state index in [4.69, 9.17) is 16.3 Å². The molecule has 5 heteroatoms. The highest BCUT2D eigenvalue weighted by Crippen LogP contribution is 2.05. The summed E-state index contributed by atoms with van der Waals surface area (Å²) in [6, 6.07) is 0. The molecule has 0 aliphatic rings. The van der Waals surface area contributed by atoms with Gasteiger partial charge in [0, 0.05) is 20.3 Å². The molecular weight excluding hydrogens is 190 g/mol. The van der Waals surface area contributed by atoms with Crippen LogP contribution in [0.4, 0.5) is 5.95 Å². The van der Waals surface area contributed by atoms with E-state index in [9.17, 15) is 0 Å². The van der Waals surface area contributed by atoms with Gasteiger partial charge in [0.25, 0.3) is 0 Å². The summed E-state index contributed by atoms with van der Waals surface area (Å²) >= 11 is 5.62. The number of methoxy groups -OCH3 is 1. The molecule has 4 nitrogen and oxygen atoms in total. The molecule has 0 amide bonds. The molecule has 0 aliphatic carbocycles. The van der Waals surface area contributed by atoms with E-state index in [1.54, 1.807) is 19.5 Å². The van der Waals surface area contributed by atoms with Crippen LogP contribution in [0, 0.1) is 0 Å². The average molecular weight is 202 g/mol. The third-order valence-corrected chi connectivity index (χ3v) is 1.62. The van der Waals surface area contributed by atoms with Crippen molar-refractivity contribution in [2.45, 2.75) is 6.42 Å². The Hall–Kier alpha value is -0.870. The Morgan fingerprint density at radius 1 is 1.46 bits per heavy atom. The molecule has 0 radical (unpaired) electrons. The van der Waals surface area contributed by atoms with Gasteiger partial charge in [-0.15, -0.1) is 0 Å². The van der Waals surface area contributed by atoms with E-state index in [1.807, 2.05) is 0 Å². The molecule has 1 heterocycles. The highest BCUT2D eigenvalue weighted by atomic mass is 35.5. The van der Waals surface area contributed by atoms with Crippen molar-refractivity contribution in [1.29, 1.82) is 0 Å². The van der Waals surface area contributed by atoms with E-state index in [0.29, 0.717) is 11.0 Å². The van der Waals surface area contributed by atoms with Crippen molar-refractivity contribution in [2.24, 2.45) is 0 Å². The minimum absolute atomic E-state index is 0.544. The Morgan fingerprint density at radius 2 is 2.15 bits per heavy atom. The fourth-order valence-electron chi connectivity index (χ4n) is 0.820. The van der Waals surface area contributed by atoms with Crippen LogP contribution in [0.25, 0.3) is 0 Å². The summed E-state index contributed by atoms with van der Waals surface area (Å²) in [6.45, 7) is 1.54. The zero-order valence-corrected chi connectivity index (χ0v) is 8.21. The first kappa shape index (κ1) is 10.2. The molecule has 1 aromatic heterocycles. The van der Waals surface area contributed by atoms with Crippen LogP contribution in [0.2, 0.25) is 5.02 Å². The molecule has 1 rings (SSSR count). The molecule has 0 aliphatic heterocycles. The quantitative estimate of drug-likeness (QED) is 0.735. The third kappa shape index (κ3) is 4.05. The first-order valence-corrected chi connectivity index (χ1v) is 4.41. The largest absolute Gasteiger partial charge is 0.385 e. The lowest BCUT2D eigenvalue weighted by Crippen LogP contribution is -2.07. The molecule has 0 saturated heterocycles. The van der Waals surface area contributed by atoms with Gasteiger partial charge in [-0.3, -0.25) is 0 Å². The molecule has 0 saturated carbocycles. The van der Waals surface area contributed by atoms with Crippen LogP contribution in [0.5, 0.6) is 0 Å². The van der Waals surface area contributed by atoms with Crippen molar-refractivity contribution in [3.8, 4) is 0 Å². The van der Waals surface area contributed by atoms with Gasteiger partial charge in [0.1, 0.15) is 0 Å². The van der Waals surface area contributed by atoms with Crippen molar-refractivity contribution < 1.29 is 4.74 Å². The number of nitrogens with zero attached hydrogens (tertiary/aromatic N) is 2. The van der Waals surface area contributed by atoms with Crippen LogP contribution < -0.4 is 5.32 Å². The van der Waals surface area contributed by atoms with E-state index >= 15 is 0 Å². The summed E-state index contributed by atoms with van der Waals surface area (Å²) in [4.78, 5) is 7.96. The molecule has 1 aromatic rings. The third-order valence-electron chi connectivity index (χ3n) is 1.43. The van der Waals surface area contributed by atoms with Crippen LogP contribution in [0.3, 0.4) is 0 Å². The van der Waals surface area contributed by atoms with E-state index in [0.717, 1.165) is 19.6 Å². The first-order valence-electron chi connectivity index (χ1n) is 4.03. The molecule has 0 unspecified atom stereocenters. The molecule has 1 N–H and O–H groups in total. The van der Waals surface area contributed by atoms with E-state index < -0.39 is 0 Å². The van der Waals surface area contributed by atoms with Gasteiger partial charge < -0.3 is 10.1 Å². The lowest BCUT2D eigenvalue weighted by molar-refractivity contribution is 0.197. The second-order valence-electron chi connectivity index (χ2n) is 2.50. The molecule has 13 heavy (non-hydrogen) atoms. The van der Waals surface area contributed by atoms with Crippen LogP contribution in [-0.4, -0.2) is 30.2 Å². The highest BCUT2D eigenvalue weighted by Gasteiger charge is 1.93. The normalized spacial score (nSPS) is 10.0. The summed E-state index contributed by atoms with van der Waals surface area (Å²) in [7, 11) is 1.68. The molecule has 0 atom stereocenters.